The summed E-state index contributed by atoms with van der Waals surface area (Å²) in [6.45, 7) is 11.4. The van der Waals surface area contributed by atoms with Gasteiger partial charge in [0.05, 0.1) is 11.0 Å². The number of hydrogen-bond donors (Lipinski definition) is 0. The summed E-state index contributed by atoms with van der Waals surface area (Å²) in [5, 5.41) is 0. The first-order chi connectivity index (χ1) is 11.6. The van der Waals surface area contributed by atoms with Crippen LogP contribution in [0.25, 0.3) is 11.0 Å². The monoisotopic (exact) mass is 318 g/mol. The average molecular weight is 318 g/mol. The van der Waals surface area contributed by atoms with Crippen LogP contribution in [0.3, 0.4) is 0 Å². The Bertz CT molecular complexity index is 825. The zero-order chi connectivity index (χ0) is 17.1. The van der Waals surface area contributed by atoms with E-state index in [0.29, 0.717) is 5.92 Å². The second-order valence-corrected chi connectivity index (χ2v) is 6.92. The van der Waals surface area contributed by atoms with Gasteiger partial charge in [0.2, 0.25) is 0 Å². The van der Waals surface area contributed by atoms with E-state index in [1.54, 1.807) is 0 Å². The Labute approximate surface area is 144 Å². The lowest BCUT2D eigenvalue weighted by Crippen LogP contribution is -2.07. The third-order valence-electron chi connectivity index (χ3n) is 4.51. The molecule has 2 aromatic carbocycles. The summed E-state index contributed by atoms with van der Waals surface area (Å²) in [4.78, 5) is 4.89. The van der Waals surface area contributed by atoms with Gasteiger partial charge < -0.3 is 4.57 Å². The zero-order valence-electron chi connectivity index (χ0n) is 14.9. The molecule has 0 bridgehead atoms. The standard InChI is InChI=1S/C22H26N2/c1-5-14-24-21-9-7-6-8-20(21)23-22(24)17(4)19-12-10-18(11-13-19)15-16(2)3/h5-13,16-17H,1,14-15H2,2-4H3. The normalized spacial score (nSPS) is 12.7. The Morgan fingerprint density at radius 3 is 2.42 bits per heavy atom. The lowest BCUT2D eigenvalue weighted by Gasteiger charge is -2.15. The fourth-order valence-corrected chi connectivity index (χ4v) is 3.31. The van der Waals surface area contributed by atoms with Crippen LogP contribution in [0.5, 0.6) is 0 Å². The van der Waals surface area contributed by atoms with E-state index in [9.17, 15) is 0 Å². The van der Waals surface area contributed by atoms with E-state index < -0.39 is 0 Å². The maximum Gasteiger partial charge on any atom is 0.117 e. The molecule has 0 aliphatic heterocycles. The molecule has 0 fully saturated rings. The summed E-state index contributed by atoms with van der Waals surface area (Å²) in [5.74, 6) is 2.04. The number of aromatic nitrogens is 2. The van der Waals surface area contributed by atoms with Gasteiger partial charge in [0, 0.05) is 12.5 Å². The van der Waals surface area contributed by atoms with Crippen molar-refractivity contribution in [1.82, 2.24) is 9.55 Å². The van der Waals surface area contributed by atoms with E-state index in [1.165, 1.54) is 16.6 Å². The second-order valence-electron chi connectivity index (χ2n) is 6.92. The molecule has 0 aliphatic rings. The van der Waals surface area contributed by atoms with Crippen molar-refractivity contribution >= 4 is 11.0 Å². The van der Waals surface area contributed by atoms with Gasteiger partial charge in [-0.1, -0.05) is 63.2 Å². The minimum absolute atomic E-state index is 0.255. The van der Waals surface area contributed by atoms with Gasteiger partial charge in [-0.2, -0.15) is 0 Å². The highest BCUT2D eigenvalue weighted by molar-refractivity contribution is 5.76. The number of imidazole rings is 1. The zero-order valence-corrected chi connectivity index (χ0v) is 14.9. The summed E-state index contributed by atoms with van der Waals surface area (Å²) < 4.78 is 2.27. The lowest BCUT2D eigenvalue weighted by molar-refractivity contribution is 0.646. The quantitative estimate of drug-likeness (QED) is 0.543. The van der Waals surface area contributed by atoms with Crippen molar-refractivity contribution in [2.75, 3.05) is 0 Å². The maximum atomic E-state index is 4.89. The summed E-state index contributed by atoms with van der Waals surface area (Å²) in [7, 11) is 0. The predicted molar refractivity (Wildman–Crippen MR) is 102 cm³/mol. The van der Waals surface area contributed by atoms with Crippen molar-refractivity contribution in [3.63, 3.8) is 0 Å². The SMILES string of the molecule is C=CCn1c(C(C)c2ccc(CC(C)C)cc2)nc2ccccc21. The second kappa shape index (κ2) is 7.04. The molecule has 0 spiro atoms. The van der Waals surface area contributed by atoms with Gasteiger partial charge in [-0.25, -0.2) is 4.98 Å². The fourth-order valence-electron chi connectivity index (χ4n) is 3.31. The minimum atomic E-state index is 0.255. The van der Waals surface area contributed by atoms with E-state index in [4.69, 9.17) is 4.98 Å². The molecule has 2 nitrogen and oxygen atoms in total. The lowest BCUT2D eigenvalue weighted by atomic mass is 9.96. The van der Waals surface area contributed by atoms with Crippen LogP contribution in [0, 0.1) is 5.92 Å². The third kappa shape index (κ3) is 3.28. The van der Waals surface area contributed by atoms with Crippen LogP contribution in [0.15, 0.2) is 61.2 Å². The highest BCUT2D eigenvalue weighted by atomic mass is 15.1. The first-order valence-corrected chi connectivity index (χ1v) is 8.75. The topological polar surface area (TPSA) is 17.8 Å². The number of allylic oxidation sites excluding steroid dienone is 1. The van der Waals surface area contributed by atoms with E-state index in [0.717, 1.165) is 24.3 Å². The summed E-state index contributed by atoms with van der Waals surface area (Å²) >= 11 is 0. The number of fused-ring (bicyclic) bond motifs is 1. The Morgan fingerprint density at radius 1 is 1.04 bits per heavy atom. The average Bonchev–Trinajstić information content (AvgIpc) is 2.94. The number of para-hydroxylation sites is 2. The molecule has 124 valence electrons. The van der Waals surface area contributed by atoms with Crippen molar-refractivity contribution < 1.29 is 0 Å². The van der Waals surface area contributed by atoms with Gasteiger partial charge in [0.25, 0.3) is 0 Å². The van der Waals surface area contributed by atoms with E-state index >= 15 is 0 Å². The highest BCUT2D eigenvalue weighted by Crippen LogP contribution is 2.28. The van der Waals surface area contributed by atoms with Crippen LogP contribution in [-0.2, 0) is 13.0 Å². The van der Waals surface area contributed by atoms with Crippen LogP contribution >= 0.6 is 0 Å². The van der Waals surface area contributed by atoms with Gasteiger partial charge >= 0.3 is 0 Å². The summed E-state index contributed by atoms with van der Waals surface area (Å²) in [6, 6.07) is 17.3. The van der Waals surface area contributed by atoms with Gasteiger partial charge in [-0.05, 0) is 35.6 Å². The molecule has 0 aliphatic carbocycles. The molecular weight excluding hydrogens is 292 g/mol. The van der Waals surface area contributed by atoms with E-state index in [1.807, 2.05) is 12.1 Å². The molecule has 1 atom stereocenters. The Balaban J connectivity index is 1.97. The van der Waals surface area contributed by atoms with Crippen molar-refractivity contribution in [3.8, 4) is 0 Å². The molecule has 1 unspecified atom stereocenters. The van der Waals surface area contributed by atoms with E-state index in [-0.39, 0.29) is 5.92 Å². The summed E-state index contributed by atoms with van der Waals surface area (Å²) in [5.41, 5.74) is 4.94. The van der Waals surface area contributed by atoms with E-state index in [2.05, 4.69) is 74.4 Å². The largest absolute Gasteiger partial charge is 0.324 e. The smallest absolute Gasteiger partial charge is 0.117 e. The molecular formula is C22H26N2. The number of rotatable bonds is 6. The van der Waals surface area contributed by atoms with Gasteiger partial charge in [-0.3, -0.25) is 0 Å². The minimum Gasteiger partial charge on any atom is -0.324 e. The number of nitrogens with zero attached hydrogens (tertiary/aromatic N) is 2. The predicted octanol–water partition coefficient (Wildman–Crippen LogP) is 5.57. The number of benzene rings is 2. The van der Waals surface area contributed by atoms with Crippen LogP contribution in [0.4, 0.5) is 0 Å². The van der Waals surface area contributed by atoms with Crippen molar-refractivity contribution in [2.24, 2.45) is 5.92 Å². The molecule has 1 heterocycles. The van der Waals surface area contributed by atoms with Crippen molar-refractivity contribution in [2.45, 2.75) is 39.7 Å². The Kier molecular flexibility index (Phi) is 4.84. The molecule has 0 radical (unpaired) electrons. The molecule has 3 aromatic rings. The maximum absolute atomic E-state index is 4.89. The first kappa shape index (κ1) is 16.5. The summed E-state index contributed by atoms with van der Waals surface area (Å²) in [6.07, 6.45) is 3.07. The molecule has 0 saturated carbocycles. The number of hydrogen-bond acceptors (Lipinski definition) is 1. The van der Waals surface area contributed by atoms with Gasteiger partial charge in [0.1, 0.15) is 5.82 Å². The van der Waals surface area contributed by atoms with Crippen molar-refractivity contribution in [1.29, 1.82) is 0 Å². The molecule has 2 heteroatoms. The molecule has 24 heavy (non-hydrogen) atoms. The fraction of sp³-hybridized carbons (Fsp3) is 0.318. The highest BCUT2D eigenvalue weighted by Gasteiger charge is 2.17. The molecule has 0 saturated heterocycles. The molecule has 1 aromatic heterocycles. The van der Waals surface area contributed by atoms with Gasteiger partial charge in [-0.15, -0.1) is 6.58 Å². The molecule has 0 N–H and O–H groups in total. The van der Waals surface area contributed by atoms with Crippen LogP contribution in [0.1, 0.15) is 43.6 Å². The Morgan fingerprint density at radius 2 is 1.75 bits per heavy atom. The van der Waals surface area contributed by atoms with Gasteiger partial charge in [0.15, 0.2) is 0 Å². The van der Waals surface area contributed by atoms with Crippen LogP contribution in [0.2, 0.25) is 0 Å². The Hall–Kier alpha value is -2.35. The van der Waals surface area contributed by atoms with Crippen LogP contribution in [-0.4, -0.2) is 9.55 Å². The van der Waals surface area contributed by atoms with Crippen LogP contribution < -0.4 is 0 Å². The first-order valence-electron chi connectivity index (χ1n) is 8.75. The molecule has 0 amide bonds. The van der Waals surface area contributed by atoms with Crippen molar-refractivity contribution in [3.05, 3.63) is 78.1 Å². The molecule has 3 rings (SSSR count). The third-order valence-corrected chi connectivity index (χ3v) is 4.51.